The van der Waals surface area contributed by atoms with E-state index >= 15 is 0 Å². The quantitative estimate of drug-likeness (QED) is 0.256. The van der Waals surface area contributed by atoms with Gasteiger partial charge in [-0.15, -0.1) is 12.4 Å². The molecule has 0 aliphatic heterocycles. The molecule has 34 heavy (non-hydrogen) atoms. The predicted molar refractivity (Wildman–Crippen MR) is 150 cm³/mol. The number of nitrogens with one attached hydrogen (secondary N) is 1. The van der Waals surface area contributed by atoms with E-state index in [4.69, 9.17) is 34.8 Å². The Labute approximate surface area is 221 Å². The van der Waals surface area contributed by atoms with E-state index in [-0.39, 0.29) is 22.8 Å². The summed E-state index contributed by atoms with van der Waals surface area (Å²) in [4.78, 5) is 13.3. The summed E-state index contributed by atoms with van der Waals surface area (Å²) in [5.74, 6) is -0.312. The minimum atomic E-state index is -2.65. The van der Waals surface area contributed by atoms with Crippen LogP contribution in [-0.4, -0.2) is 5.91 Å². The Hall–Kier alpha value is -2.32. The van der Waals surface area contributed by atoms with Crippen LogP contribution in [0.25, 0.3) is 0 Å². The molecule has 0 atom stereocenters. The first kappa shape index (κ1) is 26.3. The zero-order valence-corrected chi connectivity index (χ0v) is 21.8. The molecule has 1 amide bonds. The molecule has 2 nitrogen and oxygen atoms in total. The molecule has 0 aliphatic carbocycles. The van der Waals surface area contributed by atoms with Gasteiger partial charge in [-0.1, -0.05) is 89.4 Å². The third-order valence-electron chi connectivity index (χ3n) is 5.28. The molecule has 4 aromatic carbocycles. The van der Waals surface area contributed by atoms with Crippen molar-refractivity contribution in [3.8, 4) is 0 Å². The van der Waals surface area contributed by atoms with Crippen LogP contribution in [0.3, 0.4) is 0 Å². The predicted octanol–water partition coefficient (Wildman–Crippen LogP) is 7.09. The molecule has 7 heteroatoms. The Morgan fingerprint density at radius 3 is 1.35 bits per heavy atom. The fourth-order valence-corrected chi connectivity index (χ4v) is 8.86. The molecule has 0 heterocycles. The largest absolute Gasteiger partial charge is 0.290 e. The number of benzene rings is 4. The lowest BCUT2D eigenvalue weighted by molar-refractivity contribution is 0.0968. The molecule has 172 valence electrons. The molecule has 4 aromatic rings. The van der Waals surface area contributed by atoms with Crippen molar-refractivity contribution in [1.82, 2.24) is 5.32 Å². The molecule has 0 saturated heterocycles. The van der Waals surface area contributed by atoms with Gasteiger partial charge in [-0.05, 0) is 60.7 Å². The molecule has 1 N–H and O–H groups in total. The van der Waals surface area contributed by atoms with Crippen LogP contribution >= 0.6 is 54.5 Å². The van der Waals surface area contributed by atoms with Crippen LogP contribution in [0.15, 0.2) is 125 Å². The van der Waals surface area contributed by atoms with Gasteiger partial charge in [0.1, 0.15) is 15.9 Å². The summed E-state index contributed by atoms with van der Waals surface area (Å²) >= 11 is 19.2. The van der Waals surface area contributed by atoms with Gasteiger partial charge < -0.3 is 0 Å². The van der Waals surface area contributed by atoms with Gasteiger partial charge in [0, 0.05) is 10.6 Å². The van der Waals surface area contributed by atoms with E-state index in [1.165, 1.54) is 0 Å². The molecule has 0 radical (unpaired) electrons. The van der Waals surface area contributed by atoms with Gasteiger partial charge in [-0.3, -0.25) is 10.1 Å². The highest BCUT2D eigenvalue weighted by Crippen LogP contribution is 2.63. The maximum absolute atomic E-state index is 13.3. The fraction of sp³-hybridized carbons (Fsp3) is 0. The summed E-state index contributed by atoms with van der Waals surface area (Å²) in [5, 5.41) is 6.69. The van der Waals surface area contributed by atoms with Gasteiger partial charge in [-0.2, -0.15) is 0 Å². The van der Waals surface area contributed by atoms with Crippen molar-refractivity contribution in [3.05, 3.63) is 136 Å². The van der Waals surface area contributed by atoms with E-state index in [9.17, 15) is 4.79 Å². The van der Waals surface area contributed by atoms with E-state index in [0.717, 1.165) is 15.9 Å². The van der Waals surface area contributed by atoms with Crippen molar-refractivity contribution in [2.45, 2.75) is 0 Å². The number of hydrogen-bond acceptors (Lipinski definition) is 1. The summed E-state index contributed by atoms with van der Waals surface area (Å²) in [7, 11) is -2.65. The van der Waals surface area contributed by atoms with Crippen molar-refractivity contribution in [3.63, 3.8) is 0 Å². The molecule has 0 aliphatic rings. The number of amides is 1. The maximum Gasteiger partial charge on any atom is 0.258 e. The molecule has 0 bridgehead atoms. The standard InChI is InChI=1S/C27H19Cl3NOP.ClH/c28-21-18-16-20(17-19-21)26(32)31-27(25(29)30)33(22-10-4-1-5-11-22,23-12-6-2-7-13-23)24-14-8-3-9-15-24;/h1-19H;1H/p+1. The van der Waals surface area contributed by atoms with Crippen molar-refractivity contribution >= 4 is 76.3 Å². The Morgan fingerprint density at radius 1 is 0.618 bits per heavy atom. The lowest BCUT2D eigenvalue weighted by Gasteiger charge is -2.29. The Bertz CT molecular complexity index is 1160. The molecule has 0 aromatic heterocycles. The van der Waals surface area contributed by atoms with Crippen LogP contribution in [0, 0.1) is 0 Å². The maximum atomic E-state index is 13.3. The minimum absolute atomic E-state index is 0. The summed E-state index contributed by atoms with van der Waals surface area (Å²) in [5.41, 5.74) is 0.938. The van der Waals surface area contributed by atoms with Crippen molar-refractivity contribution in [2.75, 3.05) is 0 Å². The molecule has 0 saturated carbocycles. The third-order valence-corrected chi connectivity index (χ3v) is 10.4. The van der Waals surface area contributed by atoms with E-state index in [1.807, 2.05) is 54.6 Å². The number of carbonyl (C=O) groups excluding carboxylic acids is 1. The number of hydrogen-bond donors (Lipinski definition) is 1. The average molecular weight is 548 g/mol. The van der Waals surface area contributed by atoms with Crippen LogP contribution in [0.2, 0.25) is 5.02 Å². The van der Waals surface area contributed by atoms with Crippen molar-refractivity contribution < 1.29 is 4.79 Å². The molecular weight excluding hydrogens is 527 g/mol. The van der Waals surface area contributed by atoms with Crippen LogP contribution in [0.5, 0.6) is 0 Å². The van der Waals surface area contributed by atoms with Crippen LogP contribution in [0.4, 0.5) is 0 Å². The second-order valence-electron chi connectivity index (χ2n) is 7.25. The number of carbonyl (C=O) groups is 1. The Balaban J connectivity index is 0.00000324. The Kier molecular flexibility index (Phi) is 9.19. The van der Waals surface area contributed by atoms with Crippen molar-refractivity contribution in [1.29, 1.82) is 0 Å². The van der Waals surface area contributed by atoms with E-state index < -0.39 is 7.26 Å². The molecular formula is C27H21Cl4NOP+. The fourth-order valence-electron chi connectivity index (χ4n) is 3.83. The van der Waals surface area contributed by atoms with Gasteiger partial charge in [0.25, 0.3) is 5.91 Å². The zero-order valence-electron chi connectivity index (χ0n) is 17.9. The van der Waals surface area contributed by atoms with E-state index in [2.05, 4.69) is 41.7 Å². The smallest absolute Gasteiger partial charge is 0.258 e. The highest BCUT2D eigenvalue weighted by molar-refractivity contribution is 7.99. The first-order valence-electron chi connectivity index (χ1n) is 10.2. The normalized spacial score (nSPS) is 10.7. The lowest BCUT2D eigenvalue weighted by Crippen LogP contribution is -2.38. The monoisotopic (exact) mass is 546 g/mol. The second-order valence-corrected chi connectivity index (χ2v) is 12.0. The molecule has 0 unspecified atom stereocenters. The summed E-state index contributed by atoms with van der Waals surface area (Å²) < 4.78 is 0.0159. The van der Waals surface area contributed by atoms with Gasteiger partial charge in [0.2, 0.25) is 5.44 Å². The zero-order chi connectivity index (χ0) is 23.3. The topological polar surface area (TPSA) is 29.1 Å². The minimum Gasteiger partial charge on any atom is -0.290 e. The van der Waals surface area contributed by atoms with Gasteiger partial charge >= 0.3 is 0 Å². The lowest BCUT2D eigenvalue weighted by atomic mass is 10.2. The van der Waals surface area contributed by atoms with Crippen LogP contribution < -0.4 is 21.2 Å². The van der Waals surface area contributed by atoms with Crippen molar-refractivity contribution in [2.24, 2.45) is 0 Å². The Morgan fingerprint density at radius 2 is 1.00 bits per heavy atom. The molecule has 0 spiro atoms. The summed E-state index contributed by atoms with van der Waals surface area (Å²) in [6.45, 7) is 0. The number of halogens is 4. The van der Waals surface area contributed by atoms with E-state index in [1.54, 1.807) is 24.3 Å². The first-order valence-corrected chi connectivity index (χ1v) is 13.1. The van der Waals surface area contributed by atoms with E-state index in [0.29, 0.717) is 16.0 Å². The first-order chi connectivity index (χ1) is 16.0. The van der Waals surface area contributed by atoms with Crippen LogP contribution in [-0.2, 0) is 0 Å². The summed E-state index contributed by atoms with van der Waals surface area (Å²) in [6.07, 6.45) is 0. The SMILES string of the molecule is Cl.O=C(NC(=C(Cl)Cl)[P+](c1ccccc1)(c1ccccc1)c1ccccc1)c1ccc(Cl)cc1. The number of rotatable bonds is 6. The van der Waals surface area contributed by atoms with Crippen LogP contribution in [0.1, 0.15) is 10.4 Å². The highest BCUT2D eigenvalue weighted by Gasteiger charge is 2.52. The molecule has 4 rings (SSSR count). The van der Waals surface area contributed by atoms with Gasteiger partial charge in [0.05, 0.1) is 0 Å². The second kappa shape index (κ2) is 11.9. The summed E-state index contributed by atoms with van der Waals surface area (Å²) in [6, 6.07) is 36.8. The molecule has 0 fully saturated rings. The highest BCUT2D eigenvalue weighted by atomic mass is 35.5. The van der Waals surface area contributed by atoms with Gasteiger partial charge in [-0.25, -0.2) is 0 Å². The van der Waals surface area contributed by atoms with Gasteiger partial charge in [0.15, 0.2) is 11.8 Å². The third kappa shape index (κ3) is 5.33. The average Bonchev–Trinajstić information content (AvgIpc) is 2.86.